The Hall–Kier alpha value is -3.53. The van der Waals surface area contributed by atoms with Crippen molar-refractivity contribution in [1.29, 1.82) is 0 Å². The zero-order valence-electron chi connectivity index (χ0n) is 18.2. The van der Waals surface area contributed by atoms with Gasteiger partial charge in [-0.05, 0) is 72.9 Å². The molecular formula is C27H28O4. The quantitative estimate of drug-likeness (QED) is 0.434. The number of carboxylic acid groups (broad SMARTS) is 1. The van der Waals surface area contributed by atoms with Gasteiger partial charge in [-0.3, -0.25) is 0 Å². The van der Waals surface area contributed by atoms with Gasteiger partial charge in [0.2, 0.25) is 5.60 Å². The molecule has 0 aliphatic heterocycles. The number of ether oxygens (including phenoxy) is 2. The van der Waals surface area contributed by atoms with E-state index in [2.05, 4.69) is 43.3 Å². The Kier molecular flexibility index (Phi) is 7.14. The molecule has 0 unspecified atom stereocenters. The molecule has 0 spiro atoms. The number of hydrogen-bond donors (Lipinski definition) is 1. The third-order valence-electron chi connectivity index (χ3n) is 5.38. The molecule has 0 radical (unpaired) electrons. The third-order valence-corrected chi connectivity index (χ3v) is 5.38. The van der Waals surface area contributed by atoms with Crippen LogP contribution in [0.3, 0.4) is 0 Å². The molecule has 0 aromatic heterocycles. The molecule has 0 saturated carbocycles. The first-order chi connectivity index (χ1) is 14.9. The Morgan fingerprint density at radius 2 is 1.48 bits per heavy atom. The molecule has 0 aliphatic rings. The summed E-state index contributed by atoms with van der Waals surface area (Å²) in [6.45, 7) is 5.86. The molecule has 0 amide bonds. The Morgan fingerprint density at radius 3 is 2.06 bits per heavy atom. The van der Waals surface area contributed by atoms with Crippen molar-refractivity contribution in [2.24, 2.45) is 0 Å². The number of rotatable bonds is 9. The largest absolute Gasteiger partial charge is 0.490 e. The van der Waals surface area contributed by atoms with Gasteiger partial charge in [0, 0.05) is 0 Å². The first-order valence-electron chi connectivity index (χ1n) is 10.4. The maximum Gasteiger partial charge on any atom is 0.347 e. The lowest BCUT2D eigenvalue weighted by molar-refractivity contribution is -0.154. The monoisotopic (exact) mass is 416 g/mol. The van der Waals surface area contributed by atoms with Crippen LogP contribution in [0.5, 0.6) is 11.5 Å². The van der Waals surface area contributed by atoms with Crippen molar-refractivity contribution in [3.05, 3.63) is 90.5 Å². The molecule has 0 aliphatic carbocycles. The van der Waals surface area contributed by atoms with Crippen molar-refractivity contribution in [1.82, 2.24) is 0 Å². The maximum atomic E-state index is 11.4. The van der Waals surface area contributed by atoms with E-state index in [1.807, 2.05) is 24.3 Å². The first-order valence-corrected chi connectivity index (χ1v) is 10.4. The lowest BCUT2D eigenvalue weighted by atomic mass is 10.0. The molecule has 4 nitrogen and oxygen atoms in total. The zero-order valence-corrected chi connectivity index (χ0v) is 18.2. The molecule has 1 atom stereocenters. The Balaban J connectivity index is 1.57. The van der Waals surface area contributed by atoms with Gasteiger partial charge in [0.1, 0.15) is 18.1 Å². The van der Waals surface area contributed by atoms with E-state index in [1.54, 1.807) is 38.1 Å². The van der Waals surface area contributed by atoms with Crippen LogP contribution in [0.4, 0.5) is 0 Å². The molecule has 160 valence electrons. The highest BCUT2D eigenvalue weighted by Crippen LogP contribution is 2.25. The van der Waals surface area contributed by atoms with E-state index in [0.717, 1.165) is 11.1 Å². The highest BCUT2D eigenvalue weighted by Gasteiger charge is 2.33. The van der Waals surface area contributed by atoms with Gasteiger partial charge < -0.3 is 14.6 Å². The Labute approximate surface area is 183 Å². The third kappa shape index (κ3) is 5.76. The van der Waals surface area contributed by atoms with Crippen molar-refractivity contribution in [2.75, 3.05) is 6.61 Å². The van der Waals surface area contributed by atoms with E-state index in [0.29, 0.717) is 24.5 Å². The molecule has 3 aromatic rings. The predicted octanol–water partition coefficient (Wildman–Crippen LogP) is 6.47. The van der Waals surface area contributed by atoms with Gasteiger partial charge in [0.05, 0.1) is 0 Å². The van der Waals surface area contributed by atoms with Crippen LogP contribution in [0.1, 0.15) is 32.8 Å². The summed E-state index contributed by atoms with van der Waals surface area (Å²) in [6, 6.07) is 25.8. The summed E-state index contributed by atoms with van der Waals surface area (Å²) in [5.74, 6) is 0.224. The summed E-state index contributed by atoms with van der Waals surface area (Å²) >= 11 is 0. The summed E-state index contributed by atoms with van der Waals surface area (Å²) in [5.41, 5.74) is 3.45. The zero-order chi connectivity index (χ0) is 22.3. The van der Waals surface area contributed by atoms with E-state index in [-0.39, 0.29) is 0 Å². The van der Waals surface area contributed by atoms with Gasteiger partial charge >= 0.3 is 5.97 Å². The number of hydrogen-bond acceptors (Lipinski definition) is 3. The van der Waals surface area contributed by atoms with Gasteiger partial charge in [-0.2, -0.15) is 0 Å². The van der Waals surface area contributed by atoms with Crippen molar-refractivity contribution in [2.45, 2.75) is 32.8 Å². The first kappa shape index (κ1) is 22.2. The van der Waals surface area contributed by atoms with Crippen molar-refractivity contribution < 1.29 is 19.4 Å². The molecule has 0 saturated heterocycles. The SMILES string of the molecule is CC[C@@](C)(Oc1ccc(OCC=C(C)c2ccc(-c3ccccc3)cc2)cc1)C(=O)O. The second-order valence-corrected chi connectivity index (χ2v) is 7.60. The highest BCUT2D eigenvalue weighted by molar-refractivity contribution is 5.77. The van der Waals surface area contributed by atoms with Gasteiger partial charge in [-0.1, -0.05) is 61.5 Å². The minimum atomic E-state index is -1.24. The van der Waals surface area contributed by atoms with Gasteiger partial charge in [0.15, 0.2) is 0 Å². The summed E-state index contributed by atoms with van der Waals surface area (Å²) in [5, 5.41) is 9.33. The lowest BCUT2D eigenvalue weighted by Gasteiger charge is -2.24. The number of carbonyl (C=O) groups is 1. The molecule has 1 N–H and O–H groups in total. The fourth-order valence-corrected chi connectivity index (χ4v) is 3.07. The number of allylic oxidation sites excluding steroid dienone is 1. The molecule has 4 heteroatoms. The second-order valence-electron chi connectivity index (χ2n) is 7.60. The van der Waals surface area contributed by atoms with E-state index < -0.39 is 11.6 Å². The molecule has 0 bridgehead atoms. The van der Waals surface area contributed by atoms with Crippen LogP contribution in [0, 0.1) is 0 Å². The molecule has 3 rings (SSSR count). The van der Waals surface area contributed by atoms with Crippen LogP contribution >= 0.6 is 0 Å². The molecule has 0 fully saturated rings. The van der Waals surface area contributed by atoms with Gasteiger partial charge in [-0.25, -0.2) is 4.79 Å². The summed E-state index contributed by atoms with van der Waals surface area (Å²) < 4.78 is 11.4. The summed E-state index contributed by atoms with van der Waals surface area (Å²) in [6.07, 6.45) is 2.41. The molecular weight excluding hydrogens is 388 g/mol. The smallest absolute Gasteiger partial charge is 0.347 e. The minimum Gasteiger partial charge on any atom is -0.490 e. The second kappa shape index (κ2) is 9.98. The number of carboxylic acids is 1. The van der Waals surface area contributed by atoms with Crippen molar-refractivity contribution >= 4 is 11.5 Å². The molecule has 0 heterocycles. The van der Waals surface area contributed by atoms with Crippen molar-refractivity contribution in [3.63, 3.8) is 0 Å². The minimum absolute atomic E-state index is 0.372. The number of benzene rings is 3. The molecule has 3 aromatic carbocycles. The van der Waals surface area contributed by atoms with Gasteiger partial charge in [-0.15, -0.1) is 0 Å². The summed E-state index contributed by atoms with van der Waals surface area (Å²) in [4.78, 5) is 11.4. The average molecular weight is 417 g/mol. The van der Waals surface area contributed by atoms with Crippen LogP contribution in [0.15, 0.2) is 84.9 Å². The highest BCUT2D eigenvalue weighted by atomic mass is 16.5. The van der Waals surface area contributed by atoms with Gasteiger partial charge in [0.25, 0.3) is 0 Å². The fourth-order valence-electron chi connectivity index (χ4n) is 3.07. The van der Waals surface area contributed by atoms with E-state index in [1.165, 1.54) is 11.1 Å². The predicted molar refractivity (Wildman–Crippen MR) is 124 cm³/mol. The van der Waals surface area contributed by atoms with Crippen LogP contribution in [-0.2, 0) is 4.79 Å². The Bertz CT molecular complexity index is 1020. The topological polar surface area (TPSA) is 55.8 Å². The van der Waals surface area contributed by atoms with E-state index in [4.69, 9.17) is 9.47 Å². The van der Waals surface area contributed by atoms with E-state index >= 15 is 0 Å². The summed E-state index contributed by atoms with van der Waals surface area (Å²) in [7, 11) is 0. The Morgan fingerprint density at radius 1 is 0.903 bits per heavy atom. The van der Waals surface area contributed by atoms with Crippen molar-refractivity contribution in [3.8, 4) is 22.6 Å². The standard InChI is InChI=1S/C27H28O4/c1-4-27(3,26(28)29)31-25-16-14-24(15-17-25)30-19-18-20(2)21-10-12-23(13-11-21)22-8-6-5-7-9-22/h5-18H,4,19H2,1-3H3,(H,28,29)/t27-/m1/s1. The van der Waals surface area contributed by atoms with Crippen LogP contribution in [-0.4, -0.2) is 23.3 Å². The fraction of sp³-hybridized carbons (Fsp3) is 0.222. The molecule has 31 heavy (non-hydrogen) atoms. The normalized spacial score (nSPS) is 13.3. The van der Waals surface area contributed by atoms with Crippen LogP contribution in [0.2, 0.25) is 0 Å². The number of aliphatic carboxylic acids is 1. The lowest BCUT2D eigenvalue weighted by Crippen LogP contribution is -2.40. The van der Waals surface area contributed by atoms with Crippen LogP contribution < -0.4 is 9.47 Å². The average Bonchev–Trinajstić information content (AvgIpc) is 2.80. The maximum absolute atomic E-state index is 11.4. The van der Waals surface area contributed by atoms with Crippen LogP contribution in [0.25, 0.3) is 16.7 Å². The van der Waals surface area contributed by atoms with E-state index in [9.17, 15) is 9.90 Å².